The fraction of sp³-hybridized carbons (Fsp3) is 0.647. The van der Waals surface area contributed by atoms with Gasteiger partial charge in [0.25, 0.3) is 0 Å². The van der Waals surface area contributed by atoms with Crippen LogP contribution in [-0.2, 0) is 0 Å². The maximum atomic E-state index is 10.7. The summed E-state index contributed by atoms with van der Waals surface area (Å²) in [6.07, 6.45) is 4.95. The summed E-state index contributed by atoms with van der Waals surface area (Å²) in [6.45, 7) is 5.03. The highest BCUT2D eigenvalue weighted by Gasteiger charge is 2.32. The van der Waals surface area contributed by atoms with Crippen molar-refractivity contribution in [1.82, 2.24) is 5.32 Å². The first-order valence-electron chi connectivity index (χ1n) is 7.84. The summed E-state index contributed by atoms with van der Waals surface area (Å²) in [7, 11) is 0. The minimum Gasteiger partial charge on any atom is -0.389 e. The SMILES string of the molecule is CCC(NCC1(O)CCC(C)CC1)c1ccc(Cl)c(Cl)c1. The number of aliphatic hydroxyl groups is 1. The van der Waals surface area contributed by atoms with Gasteiger partial charge >= 0.3 is 0 Å². The van der Waals surface area contributed by atoms with E-state index in [1.54, 1.807) is 0 Å². The lowest BCUT2D eigenvalue weighted by atomic mass is 9.79. The monoisotopic (exact) mass is 329 g/mol. The van der Waals surface area contributed by atoms with Gasteiger partial charge in [-0.3, -0.25) is 0 Å². The van der Waals surface area contributed by atoms with Crippen LogP contribution in [0, 0.1) is 5.92 Å². The van der Waals surface area contributed by atoms with E-state index in [4.69, 9.17) is 23.2 Å². The third-order valence-electron chi connectivity index (χ3n) is 4.64. The molecule has 0 amide bonds. The molecule has 1 aromatic rings. The number of rotatable bonds is 5. The molecule has 1 atom stereocenters. The second kappa shape index (κ2) is 7.32. The Balaban J connectivity index is 1.97. The molecule has 2 nitrogen and oxygen atoms in total. The van der Waals surface area contributed by atoms with E-state index in [0.29, 0.717) is 16.6 Å². The second-order valence-corrected chi connectivity index (χ2v) is 7.24. The van der Waals surface area contributed by atoms with Crippen LogP contribution in [-0.4, -0.2) is 17.3 Å². The van der Waals surface area contributed by atoms with Crippen LogP contribution in [0.5, 0.6) is 0 Å². The van der Waals surface area contributed by atoms with E-state index in [1.807, 2.05) is 18.2 Å². The Kier molecular flexibility index (Phi) is 5.96. The zero-order chi connectivity index (χ0) is 15.5. The van der Waals surface area contributed by atoms with Gasteiger partial charge in [-0.15, -0.1) is 0 Å². The van der Waals surface area contributed by atoms with Gasteiger partial charge in [-0.05, 0) is 55.7 Å². The third kappa shape index (κ3) is 4.59. The highest BCUT2D eigenvalue weighted by Crippen LogP contribution is 2.32. The predicted molar refractivity (Wildman–Crippen MR) is 90.1 cm³/mol. The molecule has 0 saturated heterocycles. The lowest BCUT2D eigenvalue weighted by Gasteiger charge is -2.36. The van der Waals surface area contributed by atoms with Gasteiger partial charge in [-0.25, -0.2) is 0 Å². The summed E-state index contributed by atoms with van der Waals surface area (Å²) < 4.78 is 0. The van der Waals surface area contributed by atoms with Crippen LogP contribution in [0.4, 0.5) is 0 Å². The molecule has 0 spiro atoms. The van der Waals surface area contributed by atoms with Gasteiger partial charge in [0.2, 0.25) is 0 Å². The van der Waals surface area contributed by atoms with E-state index in [2.05, 4.69) is 19.2 Å². The van der Waals surface area contributed by atoms with Gasteiger partial charge in [-0.2, -0.15) is 0 Å². The van der Waals surface area contributed by atoms with E-state index in [0.717, 1.165) is 43.6 Å². The topological polar surface area (TPSA) is 32.3 Å². The average Bonchev–Trinajstić information content (AvgIpc) is 2.47. The molecule has 1 aromatic carbocycles. The normalized spacial score (nSPS) is 27.6. The smallest absolute Gasteiger partial charge is 0.0772 e. The lowest BCUT2D eigenvalue weighted by Crippen LogP contribution is -2.44. The molecule has 1 saturated carbocycles. The third-order valence-corrected chi connectivity index (χ3v) is 5.38. The largest absolute Gasteiger partial charge is 0.389 e. The predicted octanol–water partition coefficient (Wildman–Crippen LogP) is 4.98. The Hall–Kier alpha value is -0.280. The van der Waals surface area contributed by atoms with Crippen molar-refractivity contribution in [3.8, 4) is 0 Å². The van der Waals surface area contributed by atoms with E-state index in [1.165, 1.54) is 0 Å². The van der Waals surface area contributed by atoms with Gasteiger partial charge in [0, 0.05) is 12.6 Å². The first kappa shape index (κ1) is 17.1. The lowest BCUT2D eigenvalue weighted by molar-refractivity contribution is -0.00830. The van der Waals surface area contributed by atoms with E-state index in [-0.39, 0.29) is 6.04 Å². The van der Waals surface area contributed by atoms with Crippen LogP contribution in [0.15, 0.2) is 18.2 Å². The second-order valence-electron chi connectivity index (χ2n) is 6.42. The zero-order valence-electron chi connectivity index (χ0n) is 12.8. The summed E-state index contributed by atoms with van der Waals surface area (Å²) in [5, 5.41) is 15.3. The van der Waals surface area contributed by atoms with Crippen molar-refractivity contribution in [2.75, 3.05) is 6.54 Å². The van der Waals surface area contributed by atoms with Crippen molar-refractivity contribution >= 4 is 23.2 Å². The number of halogens is 2. The molecule has 0 aromatic heterocycles. The molecule has 1 aliphatic carbocycles. The van der Waals surface area contributed by atoms with Crippen molar-refractivity contribution in [2.45, 2.75) is 57.6 Å². The minimum atomic E-state index is -0.559. The minimum absolute atomic E-state index is 0.197. The molecule has 21 heavy (non-hydrogen) atoms. The fourth-order valence-corrected chi connectivity index (χ4v) is 3.32. The molecule has 0 heterocycles. The van der Waals surface area contributed by atoms with Crippen molar-refractivity contribution in [3.63, 3.8) is 0 Å². The average molecular weight is 330 g/mol. The first-order chi connectivity index (χ1) is 9.93. The number of hydrogen-bond donors (Lipinski definition) is 2. The number of nitrogens with one attached hydrogen (secondary N) is 1. The molecule has 4 heteroatoms. The molecule has 1 aliphatic rings. The quantitative estimate of drug-likeness (QED) is 0.798. The van der Waals surface area contributed by atoms with Crippen molar-refractivity contribution in [3.05, 3.63) is 33.8 Å². The molecule has 2 rings (SSSR count). The molecular formula is C17H25Cl2NO. The van der Waals surface area contributed by atoms with Gasteiger partial charge in [-0.1, -0.05) is 43.1 Å². The highest BCUT2D eigenvalue weighted by molar-refractivity contribution is 6.42. The molecule has 0 aliphatic heterocycles. The van der Waals surface area contributed by atoms with E-state index >= 15 is 0 Å². The van der Waals surface area contributed by atoms with Crippen LogP contribution < -0.4 is 5.32 Å². The Morgan fingerprint density at radius 2 is 1.95 bits per heavy atom. The molecule has 118 valence electrons. The summed E-state index contributed by atoms with van der Waals surface area (Å²) in [5.41, 5.74) is 0.565. The molecule has 0 radical (unpaired) electrons. The van der Waals surface area contributed by atoms with Crippen molar-refractivity contribution < 1.29 is 5.11 Å². The van der Waals surface area contributed by atoms with Crippen LogP contribution in [0.2, 0.25) is 10.0 Å². The van der Waals surface area contributed by atoms with Gasteiger partial charge < -0.3 is 10.4 Å². The first-order valence-corrected chi connectivity index (χ1v) is 8.60. The summed E-state index contributed by atoms with van der Waals surface area (Å²) in [6, 6.07) is 5.95. The molecule has 0 bridgehead atoms. The standard InChI is InChI=1S/C17H25Cl2NO/c1-3-16(13-4-5-14(18)15(19)10-13)20-11-17(21)8-6-12(2)7-9-17/h4-5,10,12,16,20-21H,3,6-9,11H2,1-2H3. The Morgan fingerprint density at radius 3 is 2.52 bits per heavy atom. The number of hydrogen-bond acceptors (Lipinski definition) is 2. The van der Waals surface area contributed by atoms with Crippen LogP contribution in [0.25, 0.3) is 0 Å². The fourth-order valence-electron chi connectivity index (χ4n) is 3.02. The summed E-state index contributed by atoms with van der Waals surface area (Å²) in [5.74, 6) is 0.738. The van der Waals surface area contributed by atoms with Gasteiger partial charge in [0.1, 0.15) is 0 Å². The van der Waals surface area contributed by atoms with Gasteiger partial charge in [0.15, 0.2) is 0 Å². The zero-order valence-corrected chi connectivity index (χ0v) is 14.3. The molecule has 1 unspecified atom stereocenters. The molecular weight excluding hydrogens is 305 g/mol. The maximum absolute atomic E-state index is 10.7. The highest BCUT2D eigenvalue weighted by atomic mass is 35.5. The van der Waals surface area contributed by atoms with E-state index in [9.17, 15) is 5.11 Å². The van der Waals surface area contributed by atoms with Crippen LogP contribution in [0.1, 0.15) is 57.6 Å². The van der Waals surface area contributed by atoms with Gasteiger partial charge in [0.05, 0.1) is 15.6 Å². The number of benzene rings is 1. The van der Waals surface area contributed by atoms with Crippen LogP contribution >= 0.6 is 23.2 Å². The molecule has 1 fully saturated rings. The Labute approximate surface area is 137 Å². The van der Waals surface area contributed by atoms with Crippen LogP contribution in [0.3, 0.4) is 0 Å². The summed E-state index contributed by atoms with van der Waals surface area (Å²) in [4.78, 5) is 0. The summed E-state index contributed by atoms with van der Waals surface area (Å²) >= 11 is 12.1. The van der Waals surface area contributed by atoms with E-state index < -0.39 is 5.60 Å². The Bertz CT molecular complexity index is 470. The molecule has 2 N–H and O–H groups in total. The van der Waals surface area contributed by atoms with Crippen molar-refractivity contribution in [1.29, 1.82) is 0 Å². The Morgan fingerprint density at radius 1 is 1.29 bits per heavy atom. The maximum Gasteiger partial charge on any atom is 0.0772 e. The van der Waals surface area contributed by atoms with Crippen molar-refractivity contribution in [2.24, 2.45) is 5.92 Å².